The van der Waals surface area contributed by atoms with Gasteiger partial charge in [-0.3, -0.25) is 0 Å². The summed E-state index contributed by atoms with van der Waals surface area (Å²) in [5.74, 6) is 0.820. The summed E-state index contributed by atoms with van der Waals surface area (Å²) < 4.78 is 5.11. The molecular formula is C14H15ClN2O. The van der Waals surface area contributed by atoms with E-state index in [9.17, 15) is 0 Å². The van der Waals surface area contributed by atoms with Crippen LogP contribution in [0.25, 0.3) is 0 Å². The zero-order chi connectivity index (χ0) is 13.1. The van der Waals surface area contributed by atoms with Crippen LogP contribution in [0.4, 0.5) is 17.1 Å². The Hall–Kier alpha value is -1.87. The first-order valence-electron chi connectivity index (χ1n) is 5.57. The van der Waals surface area contributed by atoms with Crippen molar-refractivity contribution >= 4 is 28.7 Å². The van der Waals surface area contributed by atoms with Gasteiger partial charge in [-0.05, 0) is 48.9 Å². The molecule has 0 unspecified atom stereocenters. The Morgan fingerprint density at radius 1 is 1.17 bits per heavy atom. The fourth-order valence-electron chi connectivity index (χ4n) is 1.64. The monoisotopic (exact) mass is 262 g/mol. The third kappa shape index (κ3) is 2.68. The number of halogens is 1. The van der Waals surface area contributed by atoms with E-state index in [1.807, 2.05) is 37.3 Å². The van der Waals surface area contributed by atoms with Crippen molar-refractivity contribution in [2.24, 2.45) is 0 Å². The van der Waals surface area contributed by atoms with Crippen LogP contribution in [0.5, 0.6) is 5.75 Å². The van der Waals surface area contributed by atoms with Gasteiger partial charge in [-0.25, -0.2) is 0 Å². The largest absolute Gasteiger partial charge is 0.497 e. The summed E-state index contributed by atoms with van der Waals surface area (Å²) in [4.78, 5) is 0. The Balaban J connectivity index is 2.25. The molecule has 0 aromatic heterocycles. The molecule has 0 aliphatic carbocycles. The first kappa shape index (κ1) is 12.6. The number of benzene rings is 2. The SMILES string of the molecule is COc1ccc(Nc2cc(C)c(Cl)cc2N)cc1. The van der Waals surface area contributed by atoms with Gasteiger partial charge in [-0.1, -0.05) is 11.6 Å². The second kappa shape index (κ2) is 5.19. The molecule has 3 N–H and O–H groups in total. The van der Waals surface area contributed by atoms with E-state index in [0.29, 0.717) is 10.7 Å². The number of methoxy groups -OCH3 is 1. The second-order valence-corrected chi connectivity index (χ2v) is 4.45. The summed E-state index contributed by atoms with van der Waals surface area (Å²) in [6, 6.07) is 11.3. The molecule has 0 bridgehead atoms. The Kier molecular flexibility index (Phi) is 3.63. The quantitative estimate of drug-likeness (QED) is 0.823. The molecular weight excluding hydrogens is 248 g/mol. The summed E-state index contributed by atoms with van der Waals surface area (Å²) in [5.41, 5.74) is 9.33. The van der Waals surface area contributed by atoms with Crippen LogP contribution in [0.2, 0.25) is 5.02 Å². The molecule has 0 aliphatic heterocycles. The molecule has 0 spiro atoms. The first-order valence-corrected chi connectivity index (χ1v) is 5.94. The van der Waals surface area contributed by atoms with Crippen LogP contribution in [-0.2, 0) is 0 Å². The lowest BCUT2D eigenvalue weighted by Gasteiger charge is -2.11. The third-order valence-electron chi connectivity index (χ3n) is 2.70. The van der Waals surface area contributed by atoms with Crippen molar-refractivity contribution < 1.29 is 4.74 Å². The van der Waals surface area contributed by atoms with Crippen LogP contribution in [0, 0.1) is 6.92 Å². The van der Waals surface area contributed by atoms with Gasteiger partial charge in [0.25, 0.3) is 0 Å². The zero-order valence-electron chi connectivity index (χ0n) is 10.3. The minimum Gasteiger partial charge on any atom is -0.497 e. The fourth-order valence-corrected chi connectivity index (χ4v) is 1.81. The topological polar surface area (TPSA) is 47.3 Å². The first-order chi connectivity index (χ1) is 8.60. The van der Waals surface area contributed by atoms with Gasteiger partial charge in [0.05, 0.1) is 18.5 Å². The number of nitrogens with two attached hydrogens (primary N) is 1. The van der Waals surface area contributed by atoms with Gasteiger partial charge in [0, 0.05) is 10.7 Å². The Bertz CT molecular complexity index is 552. The second-order valence-electron chi connectivity index (χ2n) is 4.04. The van der Waals surface area contributed by atoms with E-state index in [1.54, 1.807) is 13.2 Å². The van der Waals surface area contributed by atoms with E-state index in [0.717, 1.165) is 22.7 Å². The van der Waals surface area contributed by atoms with Crippen molar-refractivity contribution in [2.75, 3.05) is 18.2 Å². The number of hydrogen-bond donors (Lipinski definition) is 2. The van der Waals surface area contributed by atoms with Crippen LogP contribution in [0.15, 0.2) is 36.4 Å². The molecule has 3 nitrogen and oxygen atoms in total. The molecule has 0 fully saturated rings. The zero-order valence-corrected chi connectivity index (χ0v) is 11.1. The van der Waals surface area contributed by atoms with Gasteiger partial charge in [0.1, 0.15) is 5.75 Å². The van der Waals surface area contributed by atoms with Crippen LogP contribution < -0.4 is 15.8 Å². The minimum atomic E-state index is 0.626. The van der Waals surface area contributed by atoms with E-state index < -0.39 is 0 Å². The molecule has 0 amide bonds. The maximum Gasteiger partial charge on any atom is 0.119 e. The predicted octanol–water partition coefficient (Wildman–Crippen LogP) is 3.98. The van der Waals surface area contributed by atoms with Gasteiger partial charge >= 0.3 is 0 Å². The van der Waals surface area contributed by atoms with Gasteiger partial charge in [-0.15, -0.1) is 0 Å². The highest BCUT2D eigenvalue weighted by atomic mass is 35.5. The highest BCUT2D eigenvalue weighted by Crippen LogP contribution is 2.29. The molecule has 0 saturated heterocycles. The molecule has 0 aliphatic rings. The van der Waals surface area contributed by atoms with Crippen LogP contribution in [0.3, 0.4) is 0 Å². The molecule has 2 aromatic carbocycles. The van der Waals surface area contributed by atoms with Crippen molar-refractivity contribution in [1.82, 2.24) is 0 Å². The maximum atomic E-state index is 6.00. The van der Waals surface area contributed by atoms with Crippen molar-refractivity contribution in [3.63, 3.8) is 0 Å². The Morgan fingerprint density at radius 2 is 1.83 bits per heavy atom. The molecule has 0 saturated carbocycles. The number of aryl methyl sites for hydroxylation is 1. The number of hydrogen-bond acceptors (Lipinski definition) is 3. The fraction of sp³-hybridized carbons (Fsp3) is 0.143. The van der Waals surface area contributed by atoms with Crippen LogP contribution >= 0.6 is 11.6 Å². The molecule has 0 radical (unpaired) electrons. The predicted molar refractivity (Wildman–Crippen MR) is 76.9 cm³/mol. The normalized spacial score (nSPS) is 10.2. The van der Waals surface area contributed by atoms with E-state index in [4.69, 9.17) is 22.1 Å². The molecule has 2 aromatic rings. The van der Waals surface area contributed by atoms with E-state index in [2.05, 4.69) is 5.32 Å². The van der Waals surface area contributed by atoms with Crippen LogP contribution in [-0.4, -0.2) is 7.11 Å². The van der Waals surface area contributed by atoms with Gasteiger partial charge in [0.15, 0.2) is 0 Å². The lowest BCUT2D eigenvalue weighted by atomic mass is 10.2. The number of ether oxygens (including phenoxy) is 1. The lowest BCUT2D eigenvalue weighted by Crippen LogP contribution is -1.97. The number of nitrogen functional groups attached to an aromatic ring is 1. The molecule has 18 heavy (non-hydrogen) atoms. The van der Waals surface area contributed by atoms with Crippen molar-refractivity contribution in [3.8, 4) is 5.75 Å². The highest BCUT2D eigenvalue weighted by molar-refractivity contribution is 6.31. The van der Waals surface area contributed by atoms with Crippen LogP contribution in [0.1, 0.15) is 5.56 Å². The molecule has 94 valence electrons. The van der Waals surface area contributed by atoms with E-state index in [1.165, 1.54) is 0 Å². The Labute approximate surface area is 112 Å². The average molecular weight is 263 g/mol. The minimum absolute atomic E-state index is 0.626. The van der Waals surface area contributed by atoms with Gasteiger partial charge < -0.3 is 15.8 Å². The van der Waals surface area contributed by atoms with Gasteiger partial charge in [0.2, 0.25) is 0 Å². The number of nitrogens with one attached hydrogen (secondary N) is 1. The summed E-state index contributed by atoms with van der Waals surface area (Å²) in [5, 5.41) is 3.93. The van der Waals surface area contributed by atoms with Crippen molar-refractivity contribution in [2.45, 2.75) is 6.92 Å². The van der Waals surface area contributed by atoms with Gasteiger partial charge in [-0.2, -0.15) is 0 Å². The molecule has 4 heteroatoms. The third-order valence-corrected chi connectivity index (χ3v) is 3.11. The summed E-state index contributed by atoms with van der Waals surface area (Å²) in [6.07, 6.45) is 0. The summed E-state index contributed by atoms with van der Waals surface area (Å²) >= 11 is 6.00. The highest BCUT2D eigenvalue weighted by Gasteiger charge is 2.04. The standard InChI is InChI=1S/C14H15ClN2O/c1-9-7-14(13(16)8-12(9)15)17-10-3-5-11(18-2)6-4-10/h3-8,17H,16H2,1-2H3. The number of anilines is 3. The number of rotatable bonds is 3. The van der Waals surface area contributed by atoms with Crippen molar-refractivity contribution in [3.05, 3.63) is 47.0 Å². The summed E-state index contributed by atoms with van der Waals surface area (Å²) in [7, 11) is 1.64. The molecule has 0 atom stereocenters. The molecule has 2 rings (SSSR count). The van der Waals surface area contributed by atoms with Crippen molar-refractivity contribution in [1.29, 1.82) is 0 Å². The van der Waals surface area contributed by atoms with E-state index >= 15 is 0 Å². The average Bonchev–Trinajstić information content (AvgIpc) is 2.37. The molecule has 0 heterocycles. The van der Waals surface area contributed by atoms with E-state index in [-0.39, 0.29) is 0 Å². The smallest absolute Gasteiger partial charge is 0.119 e. The maximum absolute atomic E-state index is 6.00. The summed E-state index contributed by atoms with van der Waals surface area (Å²) in [6.45, 7) is 1.95. The Morgan fingerprint density at radius 3 is 2.44 bits per heavy atom. The lowest BCUT2D eigenvalue weighted by molar-refractivity contribution is 0.415.